The highest BCUT2D eigenvalue weighted by Gasteiger charge is 1.93. The van der Waals surface area contributed by atoms with E-state index in [9.17, 15) is 0 Å². The predicted molar refractivity (Wildman–Crippen MR) is 52.1 cm³/mol. The second-order valence-corrected chi connectivity index (χ2v) is 5.40. The zero-order chi connectivity index (χ0) is 8.53. The van der Waals surface area contributed by atoms with Gasteiger partial charge in [-0.05, 0) is 20.6 Å². The molecular formula is C5H10O3S3. The Morgan fingerprint density at radius 3 is 1.64 bits per heavy atom. The van der Waals surface area contributed by atoms with Gasteiger partial charge in [-0.15, -0.1) is 0 Å². The Kier molecular flexibility index (Phi) is 9.30. The molecule has 1 rings (SSSR count). The van der Waals surface area contributed by atoms with Gasteiger partial charge in [-0.2, -0.15) is 0 Å². The number of aliphatic hydroxyl groups is 3. The van der Waals surface area contributed by atoms with Crippen LogP contribution >= 0.6 is 31.4 Å². The zero-order valence-corrected chi connectivity index (χ0v) is 8.16. The molecule has 11 heavy (non-hydrogen) atoms. The van der Waals surface area contributed by atoms with Gasteiger partial charge in [0.25, 0.3) is 0 Å². The average Bonchev–Trinajstić information content (AvgIpc) is 2.60. The Balaban J connectivity index is 0.000000183. The van der Waals surface area contributed by atoms with Crippen molar-refractivity contribution in [3.05, 3.63) is 10.8 Å². The summed E-state index contributed by atoms with van der Waals surface area (Å²) in [5.74, 6) is 0. The van der Waals surface area contributed by atoms with Crippen LogP contribution in [0.25, 0.3) is 0 Å². The first-order valence-corrected chi connectivity index (χ1v) is 6.45. The molecule has 6 heteroatoms. The molecule has 0 aromatic carbocycles. The molecular weight excluding hydrogens is 204 g/mol. The maximum atomic E-state index is 8.17. The van der Waals surface area contributed by atoms with Gasteiger partial charge in [0.1, 0.15) is 6.10 Å². The fourth-order valence-corrected chi connectivity index (χ4v) is 3.12. The molecule has 0 atom stereocenters. The molecule has 0 fully saturated rings. The lowest BCUT2D eigenvalue weighted by atomic mass is 10.4. The fraction of sp³-hybridized carbons (Fsp3) is 0.600. The molecule has 0 saturated heterocycles. The summed E-state index contributed by atoms with van der Waals surface area (Å²) >= 11 is 0. The Bertz CT molecular complexity index is 99.1. The summed E-state index contributed by atoms with van der Waals surface area (Å²) in [4.78, 5) is 0. The Morgan fingerprint density at radius 1 is 1.09 bits per heavy atom. The van der Waals surface area contributed by atoms with E-state index in [4.69, 9.17) is 15.3 Å². The van der Waals surface area contributed by atoms with Gasteiger partial charge in [-0.3, -0.25) is 0 Å². The summed E-state index contributed by atoms with van der Waals surface area (Å²) in [7, 11) is 5.34. The smallest absolute Gasteiger partial charge is 0.100 e. The van der Waals surface area contributed by atoms with E-state index in [1.54, 1.807) is 31.4 Å². The first kappa shape index (κ1) is 11.7. The SMILES string of the molecule is C1=CSSS1.OCC(O)CO. The molecule has 3 nitrogen and oxygen atoms in total. The molecule has 1 aliphatic heterocycles. The summed E-state index contributed by atoms with van der Waals surface area (Å²) in [6.45, 7) is -0.729. The van der Waals surface area contributed by atoms with Crippen LogP contribution in [0, 0.1) is 0 Å². The number of rotatable bonds is 2. The molecule has 0 unspecified atom stereocenters. The standard InChI is InChI=1S/C3H8O3.C2H2S3/c4-1-3(6)2-5;1-2-4-5-3-1/h3-6H,1-2H2;1-2H. The zero-order valence-electron chi connectivity index (χ0n) is 5.71. The van der Waals surface area contributed by atoms with E-state index >= 15 is 0 Å². The Labute approximate surface area is 77.1 Å². The second-order valence-electron chi connectivity index (χ2n) is 1.55. The summed E-state index contributed by atoms with van der Waals surface area (Å²) in [5.41, 5.74) is 0. The van der Waals surface area contributed by atoms with Crippen molar-refractivity contribution in [3.63, 3.8) is 0 Å². The van der Waals surface area contributed by atoms with Crippen molar-refractivity contribution in [2.24, 2.45) is 0 Å². The second kappa shape index (κ2) is 8.76. The van der Waals surface area contributed by atoms with Crippen molar-refractivity contribution >= 4 is 31.4 Å². The van der Waals surface area contributed by atoms with E-state index < -0.39 is 6.10 Å². The largest absolute Gasteiger partial charge is 0.394 e. The number of aliphatic hydroxyl groups excluding tert-OH is 3. The van der Waals surface area contributed by atoms with E-state index in [0.29, 0.717) is 0 Å². The van der Waals surface area contributed by atoms with E-state index in [-0.39, 0.29) is 13.2 Å². The van der Waals surface area contributed by atoms with Crippen LogP contribution in [0.15, 0.2) is 10.8 Å². The predicted octanol–water partition coefficient (Wildman–Crippen LogP) is 0.833. The number of hydrogen-bond acceptors (Lipinski definition) is 6. The van der Waals surface area contributed by atoms with Crippen LogP contribution in [0.3, 0.4) is 0 Å². The summed E-state index contributed by atoms with van der Waals surface area (Å²) in [5, 5.41) is 28.2. The molecule has 0 aromatic rings. The highest BCUT2D eigenvalue weighted by Crippen LogP contribution is 2.42. The van der Waals surface area contributed by atoms with Crippen molar-refractivity contribution in [3.8, 4) is 0 Å². The van der Waals surface area contributed by atoms with Crippen LogP contribution in [0.1, 0.15) is 0 Å². The monoisotopic (exact) mass is 214 g/mol. The molecule has 66 valence electrons. The van der Waals surface area contributed by atoms with Crippen LogP contribution in [0.2, 0.25) is 0 Å². The minimum Gasteiger partial charge on any atom is -0.394 e. The third kappa shape index (κ3) is 8.58. The van der Waals surface area contributed by atoms with Gasteiger partial charge in [-0.25, -0.2) is 0 Å². The molecule has 0 saturated carbocycles. The van der Waals surface area contributed by atoms with Crippen molar-refractivity contribution in [1.82, 2.24) is 0 Å². The highest BCUT2D eigenvalue weighted by molar-refractivity contribution is 9.11. The molecule has 0 bridgehead atoms. The van der Waals surface area contributed by atoms with Gasteiger partial charge in [-0.1, -0.05) is 21.6 Å². The minimum atomic E-state index is -0.954. The van der Waals surface area contributed by atoms with Crippen molar-refractivity contribution < 1.29 is 15.3 Å². The fourth-order valence-electron chi connectivity index (χ4n) is 0.171. The van der Waals surface area contributed by atoms with E-state index in [1.807, 2.05) is 0 Å². The van der Waals surface area contributed by atoms with Gasteiger partial charge in [0.05, 0.1) is 13.2 Å². The van der Waals surface area contributed by atoms with Gasteiger partial charge in [0, 0.05) is 0 Å². The van der Waals surface area contributed by atoms with Crippen molar-refractivity contribution in [1.29, 1.82) is 0 Å². The van der Waals surface area contributed by atoms with E-state index in [0.717, 1.165) is 0 Å². The lowest BCUT2D eigenvalue weighted by molar-refractivity contribution is 0.0450. The third-order valence-corrected chi connectivity index (χ3v) is 4.04. The lowest BCUT2D eigenvalue weighted by Gasteiger charge is -1.96. The molecule has 3 N–H and O–H groups in total. The van der Waals surface area contributed by atoms with Crippen LogP contribution in [0.4, 0.5) is 0 Å². The van der Waals surface area contributed by atoms with Crippen LogP contribution in [-0.2, 0) is 0 Å². The van der Waals surface area contributed by atoms with Gasteiger partial charge in [0.15, 0.2) is 0 Å². The van der Waals surface area contributed by atoms with Crippen molar-refractivity contribution in [2.75, 3.05) is 13.2 Å². The summed E-state index contributed by atoms with van der Waals surface area (Å²) in [6.07, 6.45) is -0.954. The Morgan fingerprint density at radius 2 is 1.55 bits per heavy atom. The number of hydrogen-bond donors (Lipinski definition) is 3. The topological polar surface area (TPSA) is 60.7 Å². The maximum Gasteiger partial charge on any atom is 0.100 e. The van der Waals surface area contributed by atoms with Gasteiger partial charge < -0.3 is 15.3 Å². The average molecular weight is 214 g/mol. The lowest BCUT2D eigenvalue weighted by Crippen LogP contribution is -2.15. The summed E-state index contributed by atoms with van der Waals surface area (Å²) < 4.78 is 0. The molecule has 0 spiro atoms. The molecule has 1 aliphatic rings. The van der Waals surface area contributed by atoms with Crippen molar-refractivity contribution in [2.45, 2.75) is 6.10 Å². The quantitative estimate of drug-likeness (QED) is 0.592. The minimum absolute atomic E-state index is 0.365. The highest BCUT2D eigenvalue weighted by atomic mass is 33.5. The summed E-state index contributed by atoms with van der Waals surface area (Å²) in [6, 6.07) is 0. The molecule has 0 radical (unpaired) electrons. The normalized spacial score (nSPS) is 14.9. The Hall–Kier alpha value is 0.670. The first-order chi connectivity index (χ1) is 5.31. The van der Waals surface area contributed by atoms with E-state index in [1.165, 1.54) is 0 Å². The van der Waals surface area contributed by atoms with Gasteiger partial charge in [0.2, 0.25) is 0 Å². The maximum absolute atomic E-state index is 8.17. The molecule has 1 heterocycles. The van der Waals surface area contributed by atoms with E-state index in [2.05, 4.69) is 10.8 Å². The molecule has 0 amide bonds. The van der Waals surface area contributed by atoms with Crippen LogP contribution < -0.4 is 0 Å². The molecule has 0 aromatic heterocycles. The first-order valence-electron chi connectivity index (χ1n) is 2.85. The molecule has 0 aliphatic carbocycles. The third-order valence-electron chi connectivity index (χ3n) is 0.667. The van der Waals surface area contributed by atoms with Gasteiger partial charge >= 0.3 is 0 Å². The van der Waals surface area contributed by atoms with Crippen LogP contribution in [0.5, 0.6) is 0 Å². The van der Waals surface area contributed by atoms with Crippen LogP contribution in [-0.4, -0.2) is 34.6 Å².